The molecule has 0 bridgehead atoms. The van der Waals surface area contributed by atoms with Crippen molar-refractivity contribution in [3.63, 3.8) is 0 Å². The maximum absolute atomic E-state index is 13.5. The molecule has 0 spiro atoms. The van der Waals surface area contributed by atoms with Crippen molar-refractivity contribution in [2.24, 2.45) is 5.92 Å². The van der Waals surface area contributed by atoms with E-state index in [9.17, 15) is 10.1 Å². The highest BCUT2D eigenvalue weighted by Gasteiger charge is 2.43. The number of hydrogen-bond acceptors (Lipinski definition) is 7. The number of aromatic nitrogens is 1. The van der Waals surface area contributed by atoms with Crippen molar-refractivity contribution < 1.29 is 9.53 Å². The summed E-state index contributed by atoms with van der Waals surface area (Å²) in [7, 11) is 2.06. The Morgan fingerprint density at radius 1 is 1.31 bits per heavy atom. The van der Waals surface area contributed by atoms with Crippen LogP contribution in [-0.4, -0.2) is 61.2 Å². The number of nitrogens with one attached hydrogen (secondary N) is 2. The molecule has 9 heteroatoms. The molecular formula is C30H35ClN6O2. The summed E-state index contributed by atoms with van der Waals surface area (Å²) in [5, 5.41) is 17.2. The lowest BCUT2D eigenvalue weighted by Crippen LogP contribution is -2.58. The van der Waals surface area contributed by atoms with Gasteiger partial charge in [0.25, 0.3) is 0 Å². The first-order valence-corrected chi connectivity index (χ1v) is 13.9. The van der Waals surface area contributed by atoms with Gasteiger partial charge in [-0.1, -0.05) is 23.7 Å². The van der Waals surface area contributed by atoms with Crippen molar-refractivity contribution >= 4 is 23.2 Å². The number of piperidine rings is 1. The summed E-state index contributed by atoms with van der Waals surface area (Å²) in [5.41, 5.74) is 1.98. The molecule has 1 unspecified atom stereocenters. The van der Waals surface area contributed by atoms with Gasteiger partial charge in [-0.05, 0) is 75.7 Å². The van der Waals surface area contributed by atoms with Gasteiger partial charge in [-0.2, -0.15) is 5.26 Å². The van der Waals surface area contributed by atoms with Crippen molar-refractivity contribution in [3.05, 3.63) is 82.8 Å². The van der Waals surface area contributed by atoms with Crippen LogP contribution in [0.5, 0.6) is 0 Å². The van der Waals surface area contributed by atoms with Crippen LogP contribution in [0.4, 0.5) is 5.69 Å². The van der Waals surface area contributed by atoms with Crippen molar-refractivity contribution in [1.29, 1.82) is 5.26 Å². The van der Waals surface area contributed by atoms with E-state index in [2.05, 4.69) is 44.6 Å². The van der Waals surface area contributed by atoms with Crippen LogP contribution >= 0.6 is 11.6 Å². The molecule has 8 nitrogen and oxygen atoms in total. The van der Waals surface area contributed by atoms with Gasteiger partial charge in [0.05, 0.1) is 22.7 Å². The monoisotopic (exact) mass is 546 g/mol. The zero-order chi connectivity index (χ0) is 27.5. The number of amides is 1. The van der Waals surface area contributed by atoms with Crippen LogP contribution in [-0.2, 0) is 15.3 Å². The highest BCUT2D eigenvalue weighted by molar-refractivity contribution is 6.30. The number of nitrogens with zero attached hydrogens (tertiary/aromatic N) is 4. The zero-order valence-electron chi connectivity index (χ0n) is 22.5. The Bertz CT molecular complexity index is 1300. The second-order valence-corrected chi connectivity index (χ2v) is 11.0. The summed E-state index contributed by atoms with van der Waals surface area (Å²) in [4.78, 5) is 22.2. The number of dihydropyridines is 1. The first-order chi connectivity index (χ1) is 18.9. The Kier molecular flexibility index (Phi) is 7.94. The minimum Gasteiger partial charge on any atom is -0.370 e. The molecule has 1 aromatic heterocycles. The topological polar surface area (TPSA) is 93.5 Å². The van der Waals surface area contributed by atoms with Crippen LogP contribution in [0.25, 0.3) is 0 Å². The number of halogens is 1. The molecule has 4 heterocycles. The highest BCUT2D eigenvalue weighted by Crippen LogP contribution is 2.38. The molecule has 39 heavy (non-hydrogen) atoms. The Labute approximate surface area is 235 Å². The standard InChI is InChI=1S/C30H35ClN6O2/c1-3-39-30(25-5-4-13-33-19-25)10-8-24(20-34-30)29(35-28(38)22-9-14-36(2)21-22)11-15-37(16-12-29)27-7-6-26(31)17-23(27)18-32/h4-8,10,13,17,19-20,22,34H,3,9,11-12,14-16,21H2,1-2H3,(H,35,38)/t22-,30?/m0/s1. The van der Waals surface area contributed by atoms with E-state index in [0.29, 0.717) is 43.1 Å². The van der Waals surface area contributed by atoms with E-state index in [1.54, 1.807) is 18.5 Å². The maximum atomic E-state index is 13.5. The molecule has 0 aliphatic carbocycles. The molecule has 0 radical (unpaired) electrons. The number of pyridine rings is 1. The summed E-state index contributed by atoms with van der Waals surface area (Å²) in [6.07, 6.45) is 11.9. The highest BCUT2D eigenvalue weighted by atomic mass is 35.5. The van der Waals surface area contributed by atoms with Crippen molar-refractivity contribution in [2.45, 2.75) is 37.5 Å². The average Bonchev–Trinajstić information content (AvgIpc) is 3.41. The van der Waals surface area contributed by atoms with Crippen LogP contribution in [0, 0.1) is 17.2 Å². The molecular weight excluding hydrogens is 512 g/mol. The van der Waals surface area contributed by atoms with Gasteiger partial charge in [-0.3, -0.25) is 9.78 Å². The number of rotatable bonds is 7. The first-order valence-electron chi connectivity index (χ1n) is 13.6. The molecule has 1 aromatic carbocycles. The quantitative estimate of drug-likeness (QED) is 0.543. The van der Waals surface area contributed by atoms with Gasteiger partial charge in [0.1, 0.15) is 6.07 Å². The lowest BCUT2D eigenvalue weighted by molar-refractivity contribution is -0.126. The van der Waals surface area contributed by atoms with E-state index in [-0.39, 0.29) is 11.8 Å². The predicted molar refractivity (Wildman–Crippen MR) is 152 cm³/mol. The van der Waals surface area contributed by atoms with E-state index in [4.69, 9.17) is 16.3 Å². The van der Waals surface area contributed by atoms with Crippen molar-refractivity contribution in [3.8, 4) is 6.07 Å². The molecule has 0 saturated carbocycles. The molecule has 2 aromatic rings. The van der Waals surface area contributed by atoms with Gasteiger partial charge in [-0.15, -0.1) is 0 Å². The van der Waals surface area contributed by atoms with Gasteiger partial charge < -0.3 is 25.2 Å². The Morgan fingerprint density at radius 3 is 2.74 bits per heavy atom. The van der Waals surface area contributed by atoms with Gasteiger partial charge in [-0.25, -0.2) is 0 Å². The number of anilines is 1. The molecule has 3 aliphatic rings. The van der Waals surface area contributed by atoms with Crippen LogP contribution in [0.3, 0.4) is 0 Å². The average molecular weight is 547 g/mol. The summed E-state index contributed by atoms with van der Waals surface area (Å²) >= 11 is 6.14. The Hall–Kier alpha value is -3.38. The summed E-state index contributed by atoms with van der Waals surface area (Å²) in [6, 6.07) is 11.6. The first kappa shape index (κ1) is 27.2. The predicted octanol–water partition coefficient (Wildman–Crippen LogP) is 3.95. The van der Waals surface area contributed by atoms with Crippen LogP contribution in [0.15, 0.2) is 66.7 Å². The molecule has 2 fully saturated rings. The number of ether oxygens (including phenoxy) is 1. The minimum absolute atomic E-state index is 0.0228. The minimum atomic E-state index is -0.822. The fourth-order valence-electron chi connectivity index (χ4n) is 5.92. The molecule has 2 N–H and O–H groups in total. The molecule has 3 aliphatic heterocycles. The van der Waals surface area contributed by atoms with E-state index >= 15 is 0 Å². The molecule has 2 saturated heterocycles. The number of carbonyl (C=O) groups excluding carboxylic acids is 1. The Balaban J connectivity index is 1.42. The summed E-state index contributed by atoms with van der Waals surface area (Å²) < 4.78 is 6.18. The zero-order valence-corrected chi connectivity index (χ0v) is 23.2. The number of hydrogen-bond donors (Lipinski definition) is 2. The second-order valence-electron chi connectivity index (χ2n) is 10.6. The second kappa shape index (κ2) is 11.4. The number of carbonyl (C=O) groups is 1. The van der Waals surface area contributed by atoms with Crippen LogP contribution in [0.1, 0.15) is 37.3 Å². The molecule has 204 valence electrons. The number of nitriles is 1. The third kappa shape index (κ3) is 5.53. The van der Waals surface area contributed by atoms with Gasteiger partial charge in [0.15, 0.2) is 5.72 Å². The van der Waals surface area contributed by atoms with Crippen LogP contribution in [0.2, 0.25) is 5.02 Å². The van der Waals surface area contributed by atoms with Crippen molar-refractivity contribution in [2.75, 3.05) is 44.7 Å². The van der Waals surface area contributed by atoms with E-state index in [1.165, 1.54) is 0 Å². The summed E-state index contributed by atoms with van der Waals surface area (Å²) in [6.45, 7) is 5.56. The normalized spacial score (nSPS) is 24.5. The largest absolute Gasteiger partial charge is 0.370 e. The molecule has 5 rings (SSSR count). The molecule has 2 atom stereocenters. The summed E-state index contributed by atoms with van der Waals surface area (Å²) in [5.74, 6) is 0.0746. The number of benzene rings is 1. The van der Waals surface area contributed by atoms with E-state index in [0.717, 1.165) is 36.3 Å². The van der Waals surface area contributed by atoms with E-state index < -0.39 is 11.3 Å². The number of likely N-dealkylation sites (tertiary alicyclic amines) is 1. The lowest BCUT2D eigenvalue weighted by atomic mass is 9.78. The van der Waals surface area contributed by atoms with Gasteiger partial charge >= 0.3 is 0 Å². The Morgan fingerprint density at radius 2 is 2.13 bits per heavy atom. The smallest absolute Gasteiger partial charge is 0.225 e. The fraction of sp³-hybridized carbons (Fsp3) is 0.433. The van der Waals surface area contributed by atoms with Crippen LogP contribution < -0.4 is 15.5 Å². The van der Waals surface area contributed by atoms with Gasteiger partial charge in [0.2, 0.25) is 5.91 Å². The SMILES string of the molecule is CCOC1(c2cccnc2)C=CC(C2(NC(=O)[C@H]3CCN(C)C3)CCN(c3ccc(Cl)cc3C#N)CC2)=CN1. The van der Waals surface area contributed by atoms with Crippen molar-refractivity contribution in [1.82, 2.24) is 20.5 Å². The lowest BCUT2D eigenvalue weighted by Gasteiger charge is -2.46. The van der Waals surface area contributed by atoms with E-state index in [1.807, 2.05) is 43.5 Å². The fourth-order valence-corrected chi connectivity index (χ4v) is 6.10. The van der Waals surface area contributed by atoms with Gasteiger partial charge in [0, 0.05) is 55.4 Å². The third-order valence-corrected chi connectivity index (χ3v) is 8.35. The maximum Gasteiger partial charge on any atom is 0.225 e. The molecule has 1 amide bonds. The third-order valence-electron chi connectivity index (χ3n) is 8.12.